The van der Waals surface area contributed by atoms with Crippen molar-refractivity contribution in [3.8, 4) is 5.75 Å². The predicted octanol–water partition coefficient (Wildman–Crippen LogP) is -4.13. The highest BCUT2D eigenvalue weighted by molar-refractivity contribution is 7.98. The number of benzene rings is 2. The number of nitrogens with one attached hydrogen (secondary N) is 9. The van der Waals surface area contributed by atoms with E-state index >= 15 is 0 Å². The molecule has 28 nitrogen and oxygen atoms in total. The number of aliphatic carboxylic acids is 2. The third kappa shape index (κ3) is 26.2. The van der Waals surface area contributed by atoms with Crippen molar-refractivity contribution in [2.75, 3.05) is 31.6 Å². The Kier molecular flexibility index (Phi) is 30.3. The van der Waals surface area contributed by atoms with Gasteiger partial charge in [0.1, 0.15) is 48.0 Å². The smallest absolute Gasteiger partial charge is 0.305 e. The Morgan fingerprint density at radius 3 is 1.56 bits per heavy atom. The Morgan fingerprint density at radius 2 is 1.04 bits per heavy atom. The number of carboxylic acids is 2. The molecule has 0 aliphatic heterocycles. The number of nitrogens with two attached hydrogens (primary N) is 3. The lowest BCUT2D eigenvalue weighted by Crippen LogP contribution is -2.60. The summed E-state index contributed by atoms with van der Waals surface area (Å²) < 4.78 is 0. The summed E-state index contributed by atoms with van der Waals surface area (Å²) in [5, 5.41) is 60.4. The number of carbonyl (C=O) groups is 12. The highest BCUT2D eigenvalue weighted by Crippen LogP contribution is 2.14. The van der Waals surface area contributed by atoms with Crippen LogP contribution in [-0.4, -0.2) is 178 Å². The van der Waals surface area contributed by atoms with Gasteiger partial charge in [0.25, 0.3) is 0 Å². The lowest BCUT2D eigenvalue weighted by Gasteiger charge is -2.27. The summed E-state index contributed by atoms with van der Waals surface area (Å²) in [7, 11) is 0. The molecular formula is C51H76N12O16S. The van der Waals surface area contributed by atoms with Crippen molar-refractivity contribution in [3.05, 3.63) is 65.7 Å². The molecule has 29 heteroatoms. The number of aliphatic hydroxyl groups excluding tert-OH is 1. The third-order valence-electron chi connectivity index (χ3n) is 11.8. The lowest BCUT2D eigenvalue weighted by atomic mass is 10.0. The summed E-state index contributed by atoms with van der Waals surface area (Å²) in [5.41, 5.74) is 17.7. The number of thioether (sulfide) groups is 1. The first kappa shape index (κ1) is 68.2. The van der Waals surface area contributed by atoms with Gasteiger partial charge in [-0.3, -0.25) is 57.5 Å². The molecule has 80 heavy (non-hydrogen) atoms. The number of rotatable bonds is 37. The average Bonchev–Trinajstić information content (AvgIpc) is 3.39. The molecule has 0 aliphatic carbocycles. The van der Waals surface area contributed by atoms with Gasteiger partial charge in [-0.15, -0.1) is 0 Å². The standard InChI is InChI=1S/C51H76N12O16S/c1-27(2)20-35(48(76)59-33(44(54)72)17-19-80-4)57-39(66)25-55-46(74)36(22-30-13-15-31(65)16-14-30)61-49(77)37(21-29-10-6-5-7-11-29)62-47(75)34(12-8-9-18-52)60-50(78)38(24-42(70)71)58-40(67)26-56-51(79)43(28(3)64)63-45(73)32(53)23-41(68)69/h5-7,10-11,13-16,27-28,32-38,43,64-65H,8-9,12,17-26,52-53H2,1-4H3,(H2,54,72)(H,55,74)(H,56,79)(H,57,66)(H,58,67)(H,59,76)(H,60,78)(H,61,77)(H,62,75)(H,63,73)(H,68,69)(H,70,71). The van der Waals surface area contributed by atoms with Gasteiger partial charge in [0.05, 0.1) is 38.1 Å². The van der Waals surface area contributed by atoms with Crippen molar-refractivity contribution in [1.29, 1.82) is 0 Å². The highest BCUT2D eigenvalue weighted by atomic mass is 32.2. The van der Waals surface area contributed by atoms with E-state index in [-0.39, 0.29) is 56.7 Å². The Hall–Kier alpha value is -7.89. The number of carboxylic acid groups (broad SMARTS) is 2. The van der Waals surface area contributed by atoms with Gasteiger partial charge < -0.3 is 85.5 Å². The fourth-order valence-corrected chi connectivity index (χ4v) is 8.07. The Balaban J connectivity index is 2.41. The summed E-state index contributed by atoms with van der Waals surface area (Å²) in [6.45, 7) is 3.26. The topological polar surface area (TPSA) is 472 Å². The van der Waals surface area contributed by atoms with Crippen LogP contribution in [0, 0.1) is 5.92 Å². The van der Waals surface area contributed by atoms with Crippen LogP contribution in [0.5, 0.6) is 5.75 Å². The molecule has 2 aromatic carbocycles. The summed E-state index contributed by atoms with van der Waals surface area (Å²) in [4.78, 5) is 157. The van der Waals surface area contributed by atoms with Crippen molar-refractivity contribution >= 4 is 82.8 Å². The van der Waals surface area contributed by atoms with Crippen LogP contribution in [0.4, 0.5) is 0 Å². The number of aromatic hydroxyl groups is 1. The van der Waals surface area contributed by atoms with Gasteiger partial charge >= 0.3 is 11.9 Å². The van der Waals surface area contributed by atoms with Crippen LogP contribution in [0.1, 0.15) is 76.8 Å². The number of phenolic OH excluding ortho intramolecular Hbond substituents is 1. The molecule has 0 bridgehead atoms. The van der Waals surface area contributed by atoms with Crippen LogP contribution in [0.15, 0.2) is 54.6 Å². The SMILES string of the molecule is CSCCC(NC(=O)C(CC(C)C)NC(=O)CNC(=O)C(Cc1ccc(O)cc1)NC(=O)C(Cc1ccccc1)NC(=O)C(CCCCN)NC(=O)C(CC(=O)O)NC(=O)CNC(=O)C(NC(=O)C(N)CC(=O)O)C(C)O)C(N)=O. The monoisotopic (exact) mass is 1140 g/mol. The molecule has 0 saturated carbocycles. The second-order valence-electron chi connectivity index (χ2n) is 19.1. The number of hydrogen-bond donors (Lipinski definition) is 16. The minimum Gasteiger partial charge on any atom is -0.508 e. The fourth-order valence-electron chi connectivity index (χ4n) is 7.60. The lowest BCUT2D eigenvalue weighted by molar-refractivity contribution is -0.141. The van der Waals surface area contributed by atoms with E-state index < -0.39 is 151 Å². The minimum atomic E-state index is -1.88. The largest absolute Gasteiger partial charge is 0.508 e. The molecule has 19 N–H and O–H groups in total. The first-order valence-electron chi connectivity index (χ1n) is 25.6. The van der Waals surface area contributed by atoms with Crippen molar-refractivity contribution in [2.24, 2.45) is 23.1 Å². The van der Waals surface area contributed by atoms with E-state index in [1.807, 2.05) is 20.1 Å². The average molecular weight is 1150 g/mol. The van der Waals surface area contributed by atoms with Gasteiger partial charge in [-0.2, -0.15) is 11.8 Å². The number of hydrogen-bond acceptors (Lipinski definition) is 17. The molecule has 2 aromatic rings. The van der Waals surface area contributed by atoms with E-state index in [0.29, 0.717) is 23.3 Å². The summed E-state index contributed by atoms with van der Waals surface area (Å²) >= 11 is 1.44. The molecule has 0 aliphatic rings. The summed E-state index contributed by atoms with van der Waals surface area (Å²) in [6, 6.07) is 2.18. The van der Waals surface area contributed by atoms with Crippen molar-refractivity contribution in [2.45, 2.75) is 133 Å². The number of aliphatic hydroxyl groups is 1. The zero-order valence-electron chi connectivity index (χ0n) is 45.0. The van der Waals surface area contributed by atoms with Crippen LogP contribution >= 0.6 is 11.8 Å². The number of carbonyl (C=O) groups excluding carboxylic acids is 10. The maximum atomic E-state index is 14.5. The molecule has 0 saturated heterocycles. The fraction of sp³-hybridized carbons (Fsp3) is 0.529. The van der Waals surface area contributed by atoms with E-state index in [4.69, 9.17) is 22.3 Å². The highest BCUT2D eigenvalue weighted by Gasteiger charge is 2.34. The molecule has 9 unspecified atom stereocenters. The van der Waals surface area contributed by atoms with Gasteiger partial charge in [-0.1, -0.05) is 56.3 Å². The van der Waals surface area contributed by atoms with Crippen molar-refractivity contribution < 1.29 is 78.0 Å². The maximum absolute atomic E-state index is 14.5. The van der Waals surface area contributed by atoms with Crippen LogP contribution in [0.3, 0.4) is 0 Å². The van der Waals surface area contributed by atoms with Gasteiger partial charge in [0.2, 0.25) is 59.1 Å². The molecule has 9 atom stereocenters. The van der Waals surface area contributed by atoms with Crippen LogP contribution in [0.2, 0.25) is 0 Å². The van der Waals surface area contributed by atoms with E-state index in [1.54, 1.807) is 30.3 Å². The van der Waals surface area contributed by atoms with E-state index in [2.05, 4.69) is 47.9 Å². The maximum Gasteiger partial charge on any atom is 0.305 e. The normalized spacial score (nSPS) is 14.3. The number of phenols is 1. The molecule has 10 amide bonds. The molecule has 0 radical (unpaired) electrons. The second kappa shape index (κ2) is 35.6. The van der Waals surface area contributed by atoms with Crippen molar-refractivity contribution in [3.63, 3.8) is 0 Å². The van der Waals surface area contributed by atoms with E-state index in [9.17, 15) is 72.9 Å². The van der Waals surface area contributed by atoms with Crippen molar-refractivity contribution in [1.82, 2.24) is 47.9 Å². The Bertz CT molecular complexity index is 2440. The third-order valence-corrected chi connectivity index (χ3v) is 12.4. The van der Waals surface area contributed by atoms with Gasteiger partial charge in [0, 0.05) is 12.8 Å². The molecule has 0 fully saturated rings. The predicted molar refractivity (Wildman–Crippen MR) is 290 cm³/mol. The molecular weight excluding hydrogens is 1070 g/mol. The zero-order valence-corrected chi connectivity index (χ0v) is 45.8. The molecule has 2 rings (SSSR count). The van der Waals surface area contributed by atoms with Crippen LogP contribution < -0.4 is 65.1 Å². The summed E-state index contributed by atoms with van der Waals surface area (Å²) in [6.07, 6.45) is -1.19. The molecule has 0 heterocycles. The van der Waals surface area contributed by atoms with Crippen LogP contribution in [-0.2, 0) is 70.4 Å². The number of amides is 10. The first-order chi connectivity index (χ1) is 37.7. The van der Waals surface area contributed by atoms with Gasteiger partial charge in [-0.05, 0) is 86.8 Å². The quantitative estimate of drug-likeness (QED) is 0.0286. The van der Waals surface area contributed by atoms with Gasteiger partial charge in [0.15, 0.2) is 0 Å². The number of primary amides is 1. The van der Waals surface area contributed by atoms with Crippen LogP contribution in [0.25, 0.3) is 0 Å². The zero-order chi connectivity index (χ0) is 60.1. The molecule has 442 valence electrons. The van der Waals surface area contributed by atoms with Gasteiger partial charge in [-0.25, -0.2) is 0 Å². The molecule has 0 aromatic heterocycles. The molecule has 0 spiro atoms. The minimum absolute atomic E-state index is 0.101. The van der Waals surface area contributed by atoms with E-state index in [1.165, 1.54) is 36.0 Å². The van der Waals surface area contributed by atoms with E-state index in [0.717, 1.165) is 6.92 Å². The number of unbranched alkanes of at least 4 members (excludes halogenated alkanes) is 1. The summed E-state index contributed by atoms with van der Waals surface area (Å²) in [5.74, 6) is -12.2. The Morgan fingerprint density at radius 1 is 0.550 bits per heavy atom. The first-order valence-corrected chi connectivity index (χ1v) is 27.0. The Labute approximate surface area is 466 Å². The second-order valence-corrected chi connectivity index (χ2v) is 20.1.